The van der Waals surface area contributed by atoms with Crippen LogP contribution in [0.25, 0.3) is 17.2 Å². The Hall–Kier alpha value is -4.04. The highest BCUT2D eigenvalue weighted by molar-refractivity contribution is 6.30. The highest BCUT2D eigenvalue weighted by Crippen LogP contribution is 2.24. The number of hydrogen-bond donors (Lipinski definition) is 2. The molecule has 0 bridgehead atoms. The van der Waals surface area contributed by atoms with E-state index < -0.39 is 24.8 Å². The smallest absolute Gasteiger partial charge is 0.390 e. The largest absolute Gasteiger partial charge is 0.504 e. The van der Waals surface area contributed by atoms with Crippen molar-refractivity contribution < 1.29 is 23.1 Å². The van der Waals surface area contributed by atoms with Gasteiger partial charge in [-0.3, -0.25) is 9.36 Å². The lowest BCUT2D eigenvalue weighted by molar-refractivity contribution is -0.136. The Morgan fingerprint density at radius 1 is 1.14 bits per heavy atom. The van der Waals surface area contributed by atoms with Crippen LogP contribution >= 0.6 is 11.6 Å². The average molecular weight is 525 g/mol. The summed E-state index contributed by atoms with van der Waals surface area (Å²) in [5.41, 5.74) is 4.06. The molecule has 4 aromatic rings. The molecule has 0 saturated carbocycles. The van der Waals surface area contributed by atoms with E-state index in [1.165, 1.54) is 49.6 Å². The predicted molar refractivity (Wildman–Crippen MR) is 123 cm³/mol. The van der Waals surface area contributed by atoms with Crippen LogP contribution in [0, 0.1) is 0 Å². The van der Waals surface area contributed by atoms with E-state index in [0.29, 0.717) is 16.9 Å². The zero-order chi connectivity index (χ0) is 26.5. The lowest BCUT2D eigenvalue weighted by Gasteiger charge is -2.08. The molecule has 0 aliphatic heterocycles. The number of carbonyl (C=O) groups is 1. The number of nitrogens with zero attached hydrogens (tertiary/aromatic N) is 7. The normalized spacial score (nSPS) is 11.2. The fraction of sp³-hybridized carbons (Fsp3) is 0.238. The summed E-state index contributed by atoms with van der Waals surface area (Å²) in [5, 5.41) is 18.7. The molecule has 0 radical (unpaired) electrons. The van der Waals surface area contributed by atoms with Crippen LogP contribution in [-0.4, -0.2) is 58.7 Å². The monoisotopic (exact) mass is 524 g/mol. The summed E-state index contributed by atoms with van der Waals surface area (Å²) in [6.07, 6.45) is -3.96. The van der Waals surface area contributed by atoms with Gasteiger partial charge in [0.2, 0.25) is 0 Å². The molecule has 1 aromatic carbocycles. The van der Waals surface area contributed by atoms with Crippen LogP contribution in [0.2, 0.25) is 5.02 Å². The van der Waals surface area contributed by atoms with E-state index in [2.05, 4.69) is 25.9 Å². The van der Waals surface area contributed by atoms with Crippen molar-refractivity contribution >= 4 is 17.9 Å². The topological polar surface area (TPSA) is 147 Å². The Morgan fingerprint density at radius 2 is 1.83 bits per heavy atom. The van der Waals surface area contributed by atoms with Gasteiger partial charge in [0.25, 0.3) is 0 Å². The van der Waals surface area contributed by atoms with Gasteiger partial charge in [0.15, 0.2) is 35.3 Å². The molecule has 0 fully saturated rings. The molecule has 0 saturated heterocycles. The number of aromatic nitrogens is 7. The number of hydrogen-bond acceptors (Lipinski definition) is 8. The van der Waals surface area contributed by atoms with E-state index in [4.69, 9.17) is 11.6 Å². The van der Waals surface area contributed by atoms with Crippen molar-refractivity contribution in [2.24, 2.45) is 5.73 Å². The minimum absolute atomic E-state index is 0.00308. The molecule has 0 aliphatic carbocycles. The number of alkyl halides is 3. The van der Waals surface area contributed by atoms with Gasteiger partial charge < -0.3 is 10.8 Å². The molecule has 4 rings (SSSR count). The second-order valence-corrected chi connectivity index (χ2v) is 7.49. The second kappa shape index (κ2) is 11.1. The summed E-state index contributed by atoms with van der Waals surface area (Å²) in [6.45, 7) is -0.997. The molecule has 190 valence electrons. The molecule has 0 spiro atoms. The number of aromatic hydroxyl groups is 1. The Labute approximate surface area is 206 Å². The summed E-state index contributed by atoms with van der Waals surface area (Å²) >= 11 is 5.88. The summed E-state index contributed by atoms with van der Waals surface area (Å²) in [4.78, 5) is 32.3. The summed E-state index contributed by atoms with van der Waals surface area (Å²) in [6, 6.07) is 8.91. The first-order valence-electron chi connectivity index (χ1n) is 10.3. The highest BCUT2D eigenvalue weighted by atomic mass is 35.5. The first-order valence-corrected chi connectivity index (χ1v) is 10.7. The third kappa shape index (κ3) is 5.95. The van der Waals surface area contributed by atoms with Gasteiger partial charge in [-0.05, 0) is 43.4 Å². The third-order valence-electron chi connectivity index (χ3n) is 4.68. The SMILES string of the molecule is CN.O=Cc1nc(Cn2nc(-c3ccc(Cl)cc3)n(CCC(F)(F)F)c2=O)nn1-c1ncccc1O. The Balaban J connectivity index is 0.00000176. The number of halogens is 4. The standard InChI is InChI=1S/C20H15ClF3N7O3.CH5N/c21-13-5-3-12(4-6-13)17-28-30(19(34)29(17)9-7-20(22,23)24)10-15-26-16(11-32)31(27-15)18-14(33)2-1-8-25-18;1-2/h1-6,8,11,33H,7,9-10H2;2H2,1H3. The van der Waals surface area contributed by atoms with Crippen LogP contribution in [0.5, 0.6) is 5.75 Å². The van der Waals surface area contributed by atoms with Crippen molar-refractivity contribution in [3.05, 3.63) is 69.8 Å². The molecule has 0 atom stereocenters. The van der Waals surface area contributed by atoms with Crippen molar-refractivity contribution in [3.8, 4) is 23.0 Å². The van der Waals surface area contributed by atoms with Crippen LogP contribution in [0.1, 0.15) is 22.9 Å². The van der Waals surface area contributed by atoms with Gasteiger partial charge >= 0.3 is 11.9 Å². The van der Waals surface area contributed by atoms with Crippen molar-refractivity contribution in [2.75, 3.05) is 7.05 Å². The van der Waals surface area contributed by atoms with Gasteiger partial charge in [-0.15, -0.1) is 10.2 Å². The summed E-state index contributed by atoms with van der Waals surface area (Å²) < 4.78 is 41.3. The van der Waals surface area contributed by atoms with E-state index in [-0.39, 0.29) is 35.6 Å². The number of nitrogens with two attached hydrogens (primary N) is 1. The van der Waals surface area contributed by atoms with Crippen LogP contribution < -0.4 is 11.4 Å². The minimum Gasteiger partial charge on any atom is -0.504 e. The van der Waals surface area contributed by atoms with E-state index in [9.17, 15) is 27.9 Å². The van der Waals surface area contributed by atoms with E-state index >= 15 is 0 Å². The highest BCUT2D eigenvalue weighted by Gasteiger charge is 2.28. The molecule has 3 heterocycles. The molecular weight excluding hydrogens is 505 g/mol. The van der Waals surface area contributed by atoms with Crippen LogP contribution in [-0.2, 0) is 13.1 Å². The van der Waals surface area contributed by atoms with Gasteiger partial charge in [-0.1, -0.05) is 11.6 Å². The first kappa shape index (κ1) is 26.6. The third-order valence-corrected chi connectivity index (χ3v) is 4.94. The van der Waals surface area contributed by atoms with E-state index in [0.717, 1.165) is 13.9 Å². The van der Waals surface area contributed by atoms with Gasteiger partial charge in [-0.25, -0.2) is 19.4 Å². The van der Waals surface area contributed by atoms with Crippen LogP contribution in [0.15, 0.2) is 47.4 Å². The van der Waals surface area contributed by atoms with E-state index in [1.54, 1.807) is 0 Å². The predicted octanol–water partition coefficient (Wildman–Crippen LogP) is 2.43. The van der Waals surface area contributed by atoms with Crippen LogP contribution in [0.3, 0.4) is 0 Å². The molecule has 0 amide bonds. The molecule has 0 aliphatic rings. The first-order chi connectivity index (χ1) is 17.2. The molecule has 15 heteroatoms. The van der Waals surface area contributed by atoms with E-state index in [1.807, 2.05) is 0 Å². The van der Waals surface area contributed by atoms with Crippen LogP contribution in [0.4, 0.5) is 13.2 Å². The summed E-state index contributed by atoms with van der Waals surface area (Å²) in [7, 11) is 1.50. The van der Waals surface area contributed by atoms with Crippen molar-refractivity contribution in [2.45, 2.75) is 25.7 Å². The number of benzene rings is 1. The molecule has 36 heavy (non-hydrogen) atoms. The lowest BCUT2D eigenvalue weighted by Crippen LogP contribution is -2.27. The van der Waals surface area contributed by atoms with Gasteiger partial charge in [0, 0.05) is 23.3 Å². The van der Waals surface area contributed by atoms with Gasteiger partial charge in [-0.2, -0.15) is 17.9 Å². The number of rotatable bonds is 7. The zero-order valence-electron chi connectivity index (χ0n) is 18.7. The molecule has 0 unspecified atom stereocenters. The van der Waals surface area contributed by atoms with Gasteiger partial charge in [0.1, 0.15) is 6.54 Å². The Morgan fingerprint density at radius 3 is 2.44 bits per heavy atom. The Kier molecular flexibility index (Phi) is 8.22. The fourth-order valence-corrected chi connectivity index (χ4v) is 3.28. The lowest BCUT2D eigenvalue weighted by atomic mass is 10.2. The van der Waals surface area contributed by atoms with Crippen molar-refractivity contribution in [1.29, 1.82) is 0 Å². The number of aldehydes is 1. The number of pyridine rings is 1. The molecular formula is C21H20ClF3N8O3. The van der Waals surface area contributed by atoms with Crippen molar-refractivity contribution in [3.63, 3.8) is 0 Å². The number of carbonyl (C=O) groups excluding carboxylic acids is 1. The maximum absolute atomic E-state index is 12.9. The molecule has 11 nitrogen and oxygen atoms in total. The maximum Gasteiger partial charge on any atom is 0.390 e. The molecule has 3 N–H and O–H groups in total. The quantitative estimate of drug-likeness (QED) is 0.350. The minimum atomic E-state index is -4.48. The van der Waals surface area contributed by atoms with Gasteiger partial charge in [0.05, 0.1) is 6.42 Å². The second-order valence-electron chi connectivity index (χ2n) is 7.05. The maximum atomic E-state index is 12.9. The summed E-state index contributed by atoms with van der Waals surface area (Å²) in [5.74, 6) is -0.568. The Bertz CT molecular complexity index is 1400. The zero-order valence-corrected chi connectivity index (χ0v) is 19.5. The molecule has 3 aromatic heterocycles. The van der Waals surface area contributed by atoms with Crippen molar-refractivity contribution in [1.82, 2.24) is 34.1 Å². The average Bonchev–Trinajstić information content (AvgIpc) is 3.40. The fourth-order valence-electron chi connectivity index (χ4n) is 3.15.